The van der Waals surface area contributed by atoms with Crippen molar-refractivity contribution in [2.45, 2.75) is 6.54 Å². The van der Waals surface area contributed by atoms with E-state index in [0.29, 0.717) is 18.2 Å². The van der Waals surface area contributed by atoms with Crippen LogP contribution >= 0.6 is 11.3 Å². The van der Waals surface area contributed by atoms with E-state index in [4.69, 9.17) is 5.73 Å². The SMILES string of the molecule is Nc1[nH]nc(NCc2cccnc2)c1-c1nc2ccccc2s1. The van der Waals surface area contributed by atoms with Gasteiger partial charge in [-0.1, -0.05) is 18.2 Å². The molecule has 4 aromatic rings. The number of hydrogen-bond donors (Lipinski definition) is 3. The van der Waals surface area contributed by atoms with Gasteiger partial charge in [0.1, 0.15) is 10.8 Å². The topological polar surface area (TPSA) is 92.5 Å². The number of aromatic nitrogens is 4. The molecule has 0 amide bonds. The zero-order valence-corrected chi connectivity index (χ0v) is 13.0. The van der Waals surface area contributed by atoms with Crippen LogP contribution in [0.2, 0.25) is 0 Å². The number of anilines is 2. The van der Waals surface area contributed by atoms with E-state index in [1.54, 1.807) is 17.5 Å². The number of pyridine rings is 1. The first-order valence-corrected chi connectivity index (χ1v) is 7.95. The highest BCUT2D eigenvalue weighted by atomic mass is 32.1. The van der Waals surface area contributed by atoms with Crippen molar-refractivity contribution < 1.29 is 0 Å². The monoisotopic (exact) mass is 322 g/mol. The molecule has 1 aromatic carbocycles. The fraction of sp³-hybridized carbons (Fsp3) is 0.0625. The number of nitrogen functional groups attached to an aromatic ring is 1. The Hall–Kier alpha value is -2.93. The number of benzene rings is 1. The lowest BCUT2D eigenvalue weighted by atomic mass is 10.2. The maximum absolute atomic E-state index is 6.06. The maximum atomic E-state index is 6.06. The molecule has 0 bridgehead atoms. The number of nitrogens with one attached hydrogen (secondary N) is 2. The second-order valence-corrected chi connectivity index (χ2v) is 6.09. The van der Waals surface area contributed by atoms with Crippen LogP contribution in [0.5, 0.6) is 0 Å². The molecule has 0 fully saturated rings. The molecule has 4 rings (SSSR count). The standard InChI is InChI=1S/C16H14N6S/c17-14-13(16-20-11-5-1-2-6-12(11)23-16)15(22-21-14)19-9-10-4-3-7-18-8-10/h1-8H,9H2,(H4,17,19,21,22). The minimum absolute atomic E-state index is 0.512. The number of aromatic amines is 1. The van der Waals surface area contributed by atoms with Crippen LogP contribution < -0.4 is 11.1 Å². The van der Waals surface area contributed by atoms with Gasteiger partial charge in [0, 0.05) is 18.9 Å². The van der Waals surface area contributed by atoms with Crippen LogP contribution in [0.1, 0.15) is 5.56 Å². The van der Waals surface area contributed by atoms with Gasteiger partial charge in [-0.25, -0.2) is 4.98 Å². The molecule has 114 valence electrons. The summed E-state index contributed by atoms with van der Waals surface area (Å²) in [6.07, 6.45) is 3.57. The summed E-state index contributed by atoms with van der Waals surface area (Å²) >= 11 is 1.60. The van der Waals surface area contributed by atoms with Crippen molar-refractivity contribution in [2.24, 2.45) is 0 Å². The second-order valence-electron chi connectivity index (χ2n) is 5.06. The van der Waals surface area contributed by atoms with Gasteiger partial charge in [0.2, 0.25) is 0 Å². The fourth-order valence-electron chi connectivity index (χ4n) is 2.37. The number of nitrogens with two attached hydrogens (primary N) is 1. The fourth-order valence-corrected chi connectivity index (χ4v) is 3.39. The van der Waals surface area contributed by atoms with Crippen LogP contribution in [0, 0.1) is 0 Å². The number of nitrogens with zero attached hydrogens (tertiary/aromatic N) is 3. The third kappa shape index (κ3) is 2.62. The van der Waals surface area contributed by atoms with Crippen molar-refractivity contribution in [1.82, 2.24) is 20.2 Å². The van der Waals surface area contributed by atoms with Gasteiger partial charge in [-0.2, -0.15) is 5.10 Å². The van der Waals surface area contributed by atoms with E-state index in [1.807, 2.05) is 36.5 Å². The molecule has 4 N–H and O–H groups in total. The van der Waals surface area contributed by atoms with E-state index in [9.17, 15) is 0 Å². The van der Waals surface area contributed by atoms with Crippen molar-refractivity contribution in [3.8, 4) is 10.6 Å². The number of rotatable bonds is 4. The molecule has 3 heterocycles. The molecule has 0 aliphatic carbocycles. The molecule has 0 aliphatic rings. The van der Waals surface area contributed by atoms with E-state index >= 15 is 0 Å². The molecule has 0 unspecified atom stereocenters. The average Bonchev–Trinajstić information content (AvgIpc) is 3.16. The quantitative estimate of drug-likeness (QED) is 0.536. The lowest BCUT2D eigenvalue weighted by molar-refractivity contribution is 1.04. The Morgan fingerprint density at radius 3 is 2.91 bits per heavy atom. The first-order chi connectivity index (χ1) is 11.3. The summed E-state index contributed by atoms with van der Waals surface area (Å²) in [5.41, 5.74) is 8.91. The molecule has 7 heteroatoms. The highest BCUT2D eigenvalue weighted by Gasteiger charge is 2.17. The largest absolute Gasteiger partial charge is 0.383 e. The second kappa shape index (κ2) is 5.69. The summed E-state index contributed by atoms with van der Waals surface area (Å²) in [6, 6.07) is 11.9. The minimum Gasteiger partial charge on any atom is -0.383 e. The number of hydrogen-bond acceptors (Lipinski definition) is 6. The molecule has 6 nitrogen and oxygen atoms in total. The third-order valence-corrected chi connectivity index (χ3v) is 4.54. The van der Waals surface area contributed by atoms with E-state index < -0.39 is 0 Å². The van der Waals surface area contributed by atoms with Crippen LogP contribution in [0.15, 0.2) is 48.8 Å². The summed E-state index contributed by atoms with van der Waals surface area (Å²) in [6.45, 7) is 0.621. The smallest absolute Gasteiger partial charge is 0.160 e. The molecule has 0 spiro atoms. The van der Waals surface area contributed by atoms with Crippen LogP contribution in [-0.4, -0.2) is 20.2 Å². The first-order valence-electron chi connectivity index (χ1n) is 7.14. The average molecular weight is 322 g/mol. The van der Waals surface area contributed by atoms with Crippen molar-refractivity contribution in [1.29, 1.82) is 0 Å². The van der Waals surface area contributed by atoms with Crippen LogP contribution in [0.3, 0.4) is 0 Å². The summed E-state index contributed by atoms with van der Waals surface area (Å²) in [4.78, 5) is 8.77. The van der Waals surface area contributed by atoms with Gasteiger partial charge < -0.3 is 11.1 Å². The lowest BCUT2D eigenvalue weighted by Crippen LogP contribution is -2.01. The molecule has 0 saturated carbocycles. The lowest BCUT2D eigenvalue weighted by Gasteiger charge is -2.04. The molecule has 0 radical (unpaired) electrons. The molecule has 0 atom stereocenters. The van der Waals surface area contributed by atoms with Gasteiger partial charge in [-0.15, -0.1) is 11.3 Å². The van der Waals surface area contributed by atoms with Crippen molar-refractivity contribution in [3.05, 3.63) is 54.4 Å². The normalized spacial score (nSPS) is 11.0. The maximum Gasteiger partial charge on any atom is 0.160 e. The zero-order valence-electron chi connectivity index (χ0n) is 12.2. The Bertz CT molecular complexity index is 911. The number of para-hydroxylation sites is 1. The molecule has 3 aromatic heterocycles. The van der Waals surface area contributed by atoms with Gasteiger partial charge in [-0.05, 0) is 23.8 Å². The summed E-state index contributed by atoms with van der Waals surface area (Å²) in [7, 11) is 0. The predicted molar refractivity (Wildman–Crippen MR) is 93.2 cm³/mol. The number of H-pyrrole nitrogens is 1. The molecule has 0 saturated heterocycles. The van der Waals surface area contributed by atoms with Gasteiger partial charge in [0.15, 0.2) is 5.82 Å². The van der Waals surface area contributed by atoms with E-state index in [2.05, 4.69) is 31.5 Å². The van der Waals surface area contributed by atoms with Gasteiger partial charge >= 0.3 is 0 Å². The number of fused-ring (bicyclic) bond motifs is 1. The molecular formula is C16H14N6S. The Morgan fingerprint density at radius 2 is 2.09 bits per heavy atom. The zero-order chi connectivity index (χ0) is 15.6. The van der Waals surface area contributed by atoms with Crippen molar-refractivity contribution >= 4 is 33.2 Å². The van der Waals surface area contributed by atoms with Crippen LogP contribution in [0.4, 0.5) is 11.6 Å². The van der Waals surface area contributed by atoms with E-state index in [0.717, 1.165) is 26.4 Å². The Morgan fingerprint density at radius 1 is 1.17 bits per heavy atom. The Labute approximate surface area is 136 Å². The van der Waals surface area contributed by atoms with Gasteiger partial charge in [-0.3, -0.25) is 10.1 Å². The Balaban J connectivity index is 1.67. The van der Waals surface area contributed by atoms with Gasteiger partial charge in [0.25, 0.3) is 0 Å². The van der Waals surface area contributed by atoms with Crippen molar-refractivity contribution in [2.75, 3.05) is 11.1 Å². The first kappa shape index (κ1) is 13.7. The molecular weight excluding hydrogens is 308 g/mol. The Kier molecular flexibility index (Phi) is 3.39. The predicted octanol–water partition coefficient (Wildman–Crippen LogP) is 3.28. The number of thiazole rings is 1. The molecule has 0 aliphatic heterocycles. The van der Waals surface area contributed by atoms with Crippen LogP contribution in [0.25, 0.3) is 20.8 Å². The third-order valence-electron chi connectivity index (χ3n) is 3.48. The highest BCUT2D eigenvalue weighted by molar-refractivity contribution is 7.21. The minimum atomic E-state index is 0.512. The van der Waals surface area contributed by atoms with Crippen LogP contribution in [-0.2, 0) is 6.54 Å². The summed E-state index contributed by atoms with van der Waals surface area (Å²) < 4.78 is 1.13. The van der Waals surface area contributed by atoms with E-state index in [-0.39, 0.29) is 0 Å². The summed E-state index contributed by atoms with van der Waals surface area (Å²) in [5.74, 6) is 1.21. The summed E-state index contributed by atoms with van der Waals surface area (Å²) in [5, 5.41) is 11.2. The van der Waals surface area contributed by atoms with Crippen molar-refractivity contribution in [3.63, 3.8) is 0 Å². The van der Waals surface area contributed by atoms with E-state index in [1.165, 1.54) is 0 Å². The van der Waals surface area contributed by atoms with Gasteiger partial charge in [0.05, 0.1) is 15.8 Å². The highest BCUT2D eigenvalue weighted by Crippen LogP contribution is 2.37. The molecule has 23 heavy (non-hydrogen) atoms.